The van der Waals surface area contributed by atoms with Crippen molar-refractivity contribution in [3.63, 3.8) is 0 Å². The van der Waals surface area contributed by atoms with Crippen LogP contribution in [-0.2, 0) is 0 Å². The van der Waals surface area contributed by atoms with Gasteiger partial charge in [-0.05, 0) is 52.9 Å². The molecule has 2 aromatic carbocycles. The van der Waals surface area contributed by atoms with E-state index in [0.29, 0.717) is 6.04 Å². The Morgan fingerprint density at radius 2 is 1.90 bits per heavy atom. The van der Waals surface area contributed by atoms with Crippen LogP contribution in [0.4, 0.5) is 5.69 Å². The summed E-state index contributed by atoms with van der Waals surface area (Å²) in [6.07, 6.45) is 1.08. The van der Waals surface area contributed by atoms with Gasteiger partial charge in [-0.3, -0.25) is 0 Å². The second kappa shape index (κ2) is 5.98. The van der Waals surface area contributed by atoms with Crippen LogP contribution in [0.25, 0.3) is 10.8 Å². The first-order chi connectivity index (χ1) is 9.76. The number of nitrogens with one attached hydrogen (secondary N) is 1. The molecule has 0 amide bonds. The third-order valence-corrected chi connectivity index (χ3v) is 4.92. The van der Waals surface area contributed by atoms with Crippen molar-refractivity contribution in [2.45, 2.75) is 19.4 Å². The zero-order valence-electron chi connectivity index (χ0n) is 11.3. The summed E-state index contributed by atoms with van der Waals surface area (Å²) in [6.45, 7) is 2.22. The van der Waals surface area contributed by atoms with Crippen molar-refractivity contribution in [1.29, 1.82) is 0 Å². The molecule has 1 aromatic heterocycles. The van der Waals surface area contributed by atoms with Crippen LogP contribution < -0.4 is 5.32 Å². The Labute approximate surface area is 131 Å². The van der Waals surface area contributed by atoms with Gasteiger partial charge < -0.3 is 5.32 Å². The first-order valence-corrected chi connectivity index (χ1v) is 8.43. The minimum Gasteiger partial charge on any atom is -0.377 e. The molecule has 1 unspecified atom stereocenters. The maximum Gasteiger partial charge on any atom is 0.0604 e. The van der Waals surface area contributed by atoms with Gasteiger partial charge in [0.1, 0.15) is 0 Å². The van der Waals surface area contributed by atoms with E-state index in [0.717, 1.165) is 10.9 Å². The number of halogens is 1. The summed E-state index contributed by atoms with van der Waals surface area (Å²) in [5, 5.41) is 8.29. The van der Waals surface area contributed by atoms with Gasteiger partial charge in [-0.25, -0.2) is 0 Å². The van der Waals surface area contributed by atoms with Gasteiger partial charge in [0.25, 0.3) is 0 Å². The molecule has 3 heteroatoms. The molecule has 1 nitrogen and oxygen atoms in total. The zero-order chi connectivity index (χ0) is 13.9. The number of anilines is 1. The monoisotopic (exact) mass is 345 g/mol. The summed E-state index contributed by atoms with van der Waals surface area (Å²) < 4.78 is 1.12. The number of rotatable bonds is 4. The van der Waals surface area contributed by atoms with Gasteiger partial charge in [0.15, 0.2) is 0 Å². The third kappa shape index (κ3) is 2.89. The van der Waals surface area contributed by atoms with Crippen molar-refractivity contribution < 1.29 is 0 Å². The maximum atomic E-state index is 3.64. The number of benzene rings is 2. The molecule has 0 spiro atoms. The highest BCUT2D eigenvalue weighted by Gasteiger charge is 2.10. The van der Waals surface area contributed by atoms with E-state index in [1.807, 2.05) is 11.3 Å². The van der Waals surface area contributed by atoms with E-state index in [4.69, 9.17) is 0 Å². The van der Waals surface area contributed by atoms with Crippen LogP contribution in [0.15, 0.2) is 58.4 Å². The summed E-state index contributed by atoms with van der Waals surface area (Å²) in [5.41, 5.74) is 1.18. The summed E-state index contributed by atoms with van der Waals surface area (Å²) in [7, 11) is 0. The largest absolute Gasteiger partial charge is 0.377 e. The number of fused-ring (bicyclic) bond motifs is 1. The summed E-state index contributed by atoms with van der Waals surface area (Å²) in [6, 6.07) is 17.6. The fraction of sp³-hybridized carbons (Fsp3) is 0.176. The van der Waals surface area contributed by atoms with Crippen molar-refractivity contribution in [2.24, 2.45) is 0 Å². The Hall–Kier alpha value is -1.32. The summed E-state index contributed by atoms with van der Waals surface area (Å²) >= 11 is 5.33. The summed E-state index contributed by atoms with van der Waals surface area (Å²) in [5.74, 6) is 0. The number of hydrogen-bond donors (Lipinski definition) is 1. The fourth-order valence-electron chi connectivity index (χ4n) is 2.37. The summed E-state index contributed by atoms with van der Waals surface area (Å²) in [4.78, 5) is 1.39. The van der Waals surface area contributed by atoms with Crippen LogP contribution >= 0.6 is 27.3 Å². The molecule has 1 N–H and O–H groups in total. The van der Waals surface area contributed by atoms with Crippen molar-refractivity contribution in [3.8, 4) is 0 Å². The minimum atomic E-state index is 0.392. The fourth-order valence-corrected chi connectivity index (χ4v) is 3.61. The maximum absolute atomic E-state index is 3.64. The molecule has 1 heterocycles. The van der Waals surface area contributed by atoms with Gasteiger partial charge >= 0.3 is 0 Å². The first-order valence-electron chi connectivity index (χ1n) is 6.75. The van der Waals surface area contributed by atoms with E-state index in [2.05, 4.69) is 82.1 Å². The van der Waals surface area contributed by atoms with Gasteiger partial charge in [-0.15, -0.1) is 11.3 Å². The standard InChI is InChI=1S/C17H16BrNS/c1-2-16(17-4-3-9-20-17)19-15-8-6-12-10-14(18)7-5-13(12)11-15/h3-11,16,19H,2H2,1H3. The minimum absolute atomic E-state index is 0.392. The lowest BCUT2D eigenvalue weighted by Gasteiger charge is -2.17. The van der Waals surface area contributed by atoms with Gasteiger partial charge in [0.05, 0.1) is 6.04 Å². The van der Waals surface area contributed by atoms with Crippen molar-refractivity contribution >= 4 is 43.7 Å². The molecule has 0 fully saturated rings. The molecule has 3 aromatic rings. The topological polar surface area (TPSA) is 12.0 Å². The van der Waals surface area contributed by atoms with E-state index < -0.39 is 0 Å². The average molecular weight is 346 g/mol. The van der Waals surface area contributed by atoms with Crippen molar-refractivity contribution in [3.05, 3.63) is 63.3 Å². The normalized spacial score (nSPS) is 12.5. The van der Waals surface area contributed by atoms with E-state index in [1.165, 1.54) is 21.3 Å². The van der Waals surface area contributed by atoms with Crippen LogP contribution in [0.5, 0.6) is 0 Å². The molecule has 102 valence electrons. The van der Waals surface area contributed by atoms with Gasteiger partial charge in [0.2, 0.25) is 0 Å². The van der Waals surface area contributed by atoms with Crippen molar-refractivity contribution in [1.82, 2.24) is 0 Å². The predicted octanol–water partition coefficient (Wildman–Crippen LogP) is 6.23. The molecule has 0 aliphatic carbocycles. The van der Waals surface area contributed by atoms with Gasteiger partial charge in [0, 0.05) is 15.0 Å². The Morgan fingerprint density at radius 1 is 1.10 bits per heavy atom. The second-order valence-corrected chi connectivity index (χ2v) is 6.72. The number of thiophene rings is 1. The molecular formula is C17H16BrNS. The average Bonchev–Trinajstić information content (AvgIpc) is 2.99. The smallest absolute Gasteiger partial charge is 0.0604 e. The molecule has 0 saturated carbocycles. The Morgan fingerprint density at radius 3 is 2.65 bits per heavy atom. The third-order valence-electron chi connectivity index (χ3n) is 3.44. The second-order valence-electron chi connectivity index (χ2n) is 4.83. The molecule has 0 aliphatic heterocycles. The van der Waals surface area contributed by atoms with Gasteiger partial charge in [-0.1, -0.05) is 41.1 Å². The van der Waals surface area contributed by atoms with E-state index >= 15 is 0 Å². The molecule has 3 rings (SSSR count). The van der Waals surface area contributed by atoms with Gasteiger partial charge in [-0.2, -0.15) is 0 Å². The molecule has 1 atom stereocenters. The van der Waals surface area contributed by atoms with E-state index in [1.54, 1.807) is 0 Å². The molecule has 0 saturated heterocycles. The molecule has 0 radical (unpaired) electrons. The zero-order valence-corrected chi connectivity index (χ0v) is 13.7. The van der Waals surface area contributed by atoms with E-state index in [-0.39, 0.29) is 0 Å². The molecular weight excluding hydrogens is 330 g/mol. The molecule has 0 bridgehead atoms. The molecule has 0 aliphatic rings. The Balaban J connectivity index is 1.88. The highest BCUT2D eigenvalue weighted by Crippen LogP contribution is 2.28. The highest BCUT2D eigenvalue weighted by atomic mass is 79.9. The SMILES string of the molecule is CCC(Nc1ccc2cc(Br)ccc2c1)c1cccs1. The van der Waals surface area contributed by atoms with Crippen LogP contribution in [0.1, 0.15) is 24.3 Å². The lowest BCUT2D eigenvalue weighted by molar-refractivity contribution is 0.764. The van der Waals surface area contributed by atoms with E-state index in [9.17, 15) is 0 Å². The lowest BCUT2D eigenvalue weighted by Crippen LogP contribution is -2.07. The first kappa shape index (κ1) is 13.7. The Bertz CT molecular complexity index is 706. The predicted molar refractivity (Wildman–Crippen MR) is 92.6 cm³/mol. The number of hydrogen-bond acceptors (Lipinski definition) is 2. The Kier molecular flexibility index (Phi) is 4.08. The van der Waals surface area contributed by atoms with Crippen LogP contribution in [-0.4, -0.2) is 0 Å². The lowest BCUT2D eigenvalue weighted by atomic mass is 10.1. The van der Waals surface area contributed by atoms with Crippen LogP contribution in [0.2, 0.25) is 0 Å². The quantitative estimate of drug-likeness (QED) is 0.591. The van der Waals surface area contributed by atoms with Crippen LogP contribution in [0.3, 0.4) is 0 Å². The van der Waals surface area contributed by atoms with Crippen molar-refractivity contribution in [2.75, 3.05) is 5.32 Å². The highest BCUT2D eigenvalue weighted by molar-refractivity contribution is 9.10. The van der Waals surface area contributed by atoms with Crippen LogP contribution in [0, 0.1) is 0 Å². The molecule has 20 heavy (non-hydrogen) atoms.